The highest BCUT2D eigenvalue weighted by Crippen LogP contribution is 2.32. The van der Waals surface area contributed by atoms with Crippen LogP contribution in [0.3, 0.4) is 0 Å². The molecule has 0 aromatic heterocycles. The second-order valence-electron chi connectivity index (χ2n) is 4.32. The first-order valence-corrected chi connectivity index (χ1v) is 7.31. The van der Waals surface area contributed by atoms with E-state index in [1.807, 2.05) is 18.2 Å². The van der Waals surface area contributed by atoms with Crippen LogP contribution >= 0.6 is 39.1 Å². The molecule has 0 aliphatic heterocycles. The van der Waals surface area contributed by atoms with E-state index in [0.717, 1.165) is 16.5 Å². The Morgan fingerprint density at radius 2 is 1.78 bits per heavy atom. The molecular formula is C15H13BrCl2. The maximum atomic E-state index is 6.45. The largest absolute Gasteiger partial charge is 0.117 e. The zero-order chi connectivity index (χ0) is 13.1. The fourth-order valence-corrected chi connectivity index (χ4v) is 2.84. The highest BCUT2D eigenvalue weighted by molar-refractivity contribution is 9.10. The van der Waals surface area contributed by atoms with Gasteiger partial charge in [-0.25, -0.2) is 0 Å². The van der Waals surface area contributed by atoms with Crippen molar-refractivity contribution in [3.63, 3.8) is 0 Å². The lowest BCUT2D eigenvalue weighted by Crippen LogP contribution is -1.97. The van der Waals surface area contributed by atoms with Crippen molar-refractivity contribution < 1.29 is 0 Å². The normalized spacial score (nSPS) is 12.4. The summed E-state index contributed by atoms with van der Waals surface area (Å²) in [5.41, 5.74) is 3.44. The van der Waals surface area contributed by atoms with Crippen LogP contribution in [0.25, 0.3) is 0 Å². The third kappa shape index (κ3) is 3.50. The Balaban J connectivity index is 2.18. The number of benzene rings is 2. The minimum absolute atomic E-state index is 0.113. The lowest BCUT2D eigenvalue weighted by atomic mass is 10.0. The summed E-state index contributed by atoms with van der Waals surface area (Å²) in [6, 6.07) is 14.2. The molecule has 1 atom stereocenters. The Morgan fingerprint density at radius 3 is 2.44 bits per heavy atom. The number of hydrogen-bond donors (Lipinski definition) is 0. The van der Waals surface area contributed by atoms with Gasteiger partial charge in [0.2, 0.25) is 0 Å². The van der Waals surface area contributed by atoms with E-state index in [2.05, 4.69) is 47.1 Å². The van der Waals surface area contributed by atoms with Gasteiger partial charge in [-0.3, -0.25) is 0 Å². The second kappa shape index (κ2) is 6.10. The Hall–Kier alpha value is -0.500. The van der Waals surface area contributed by atoms with E-state index < -0.39 is 0 Å². The predicted octanol–water partition coefficient (Wildman–Crippen LogP) is 5.93. The van der Waals surface area contributed by atoms with E-state index in [4.69, 9.17) is 23.2 Å². The Morgan fingerprint density at radius 1 is 1.11 bits per heavy atom. The van der Waals surface area contributed by atoms with Crippen molar-refractivity contribution in [3.05, 3.63) is 68.7 Å². The molecule has 0 saturated carbocycles. The molecule has 0 bridgehead atoms. The van der Waals surface area contributed by atoms with Crippen LogP contribution in [0.15, 0.2) is 46.9 Å². The molecule has 0 nitrogen and oxygen atoms in total. The Kier molecular flexibility index (Phi) is 4.71. The molecule has 0 aliphatic rings. The van der Waals surface area contributed by atoms with Gasteiger partial charge in [0.25, 0.3) is 0 Å². The van der Waals surface area contributed by atoms with Crippen molar-refractivity contribution in [2.24, 2.45) is 0 Å². The molecule has 1 unspecified atom stereocenters. The maximum absolute atomic E-state index is 6.45. The van der Waals surface area contributed by atoms with E-state index in [-0.39, 0.29) is 5.38 Å². The lowest BCUT2D eigenvalue weighted by Gasteiger charge is -2.12. The molecule has 94 valence electrons. The van der Waals surface area contributed by atoms with Crippen molar-refractivity contribution in [1.82, 2.24) is 0 Å². The molecule has 2 aromatic carbocycles. The first-order chi connectivity index (χ1) is 8.56. The van der Waals surface area contributed by atoms with E-state index in [1.54, 1.807) is 0 Å². The Bertz CT molecular complexity index is 535. The minimum Gasteiger partial charge on any atom is -0.117 e. The monoisotopic (exact) mass is 342 g/mol. The van der Waals surface area contributed by atoms with Crippen LogP contribution in [-0.2, 0) is 6.42 Å². The zero-order valence-corrected chi connectivity index (χ0v) is 13.1. The molecule has 0 spiro atoms. The van der Waals surface area contributed by atoms with Crippen molar-refractivity contribution >= 4 is 39.1 Å². The number of rotatable bonds is 3. The van der Waals surface area contributed by atoms with Crippen LogP contribution in [0.2, 0.25) is 5.02 Å². The molecule has 0 fully saturated rings. The van der Waals surface area contributed by atoms with Crippen LogP contribution in [-0.4, -0.2) is 0 Å². The minimum atomic E-state index is -0.113. The predicted molar refractivity (Wildman–Crippen MR) is 82.6 cm³/mol. The molecule has 0 aliphatic carbocycles. The average Bonchev–Trinajstić information content (AvgIpc) is 2.35. The molecule has 3 heteroatoms. The van der Waals surface area contributed by atoms with E-state index in [0.29, 0.717) is 5.02 Å². The molecular weight excluding hydrogens is 331 g/mol. The van der Waals surface area contributed by atoms with Gasteiger partial charge in [-0.2, -0.15) is 0 Å². The van der Waals surface area contributed by atoms with Crippen molar-refractivity contribution in [2.45, 2.75) is 18.7 Å². The SMILES string of the molecule is Cc1ccc(CC(Cl)c2cc(Br)ccc2Cl)cc1. The molecule has 0 amide bonds. The summed E-state index contributed by atoms with van der Waals surface area (Å²) >= 11 is 16.1. The van der Waals surface area contributed by atoms with Crippen LogP contribution < -0.4 is 0 Å². The van der Waals surface area contributed by atoms with Gasteiger partial charge in [0.15, 0.2) is 0 Å². The fourth-order valence-electron chi connectivity index (χ4n) is 1.80. The van der Waals surface area contributed by atoms with Gasteiger partial charge in [-0.05, 0) is 42.7 Å². The van der Waals surface area contributed by atoms with Crippen molar-refractivity contribution in [3.8, 4) is 0 Å². The second-order valence-corrected chi connectivity index (χ2v) is 6.17. The summed E-state index contributed by atoms with van der Waals surface area (Å²) in [4.78, 5) is 0. The van der Waals surface area contributed by atoms with Gasteiger partial charge in [0.05, 0.1) is 5.38 Å². The highest BCUT2D eigenvalue weighted by atomic mass is 79.9. The number of aryl methyl sites for hydroxylation is 1. The molecule has 0 heterocycles. The van der Waals surface area contributed by atoms with Crippen LogP contribution in [0.5, 0.6) is 0 Å². The van der Waals surface area contributed by atoms with Crippen LogP contribution in [0.1, 0.15) is 22.1 Å². The number of halogens is 3. The average molecular weight is 344 g/mol. The number of alkyl halides is 1. The molecule has 2 aromatic rings. The molecule has 2 rings (SSSR count). The topological polar surface area (TPSA) is 0 Å². The lowest BCUT2D eigenvalue weighted by molar-refractivity contribution is 0.918. The molecule has 0 N–H and O–H groups in total. The third-order valence-corrected chi connectivity index (χ3v) is 4.06. The molecule has 0 saturated heterocycles. The van der Waals surface area contributed by atoms with Gasteiger partial charge >= 0.3 is 0 Å². The maximum Gasteiger partial charge on any atom is 0.0640 e. The van der Waals surface area contributed by atoms with Gasteiger partial charge in [0.1, 0.15) is 0 Å². The van der Waals surface area contributed by atoms with Crippen molar-refractivity contribution in [2.75, 3.05) is 0 Å². The van der Waals surface area contributed by atoms with E-state index >= 15 is 0 Å². The standard InChI is InChI=1S/C15H13BrCl2/c1-10-2-4-11(5-3-10)8-15(18)13-9-12(16)6-7-14(13)17/h2-7,9,15H,8H2,1H3. The molecule has 18 heavy (non-hydrogen) atoms. The smallest absolute Gasteiger partial charge is 0.0640 e. The van der Waals surface area contributed by atoms with E-state index in [9.17, 15) is 0 Å². The first kappa shape index (κ1) is 13.9. The summed E-state index contributed by atoms with van der Waals surface area (Å²) in [6.07, 6.45) is 0.776. The summed E-state index contributed by atoms with van der Waals surface area (Å²) in [7, 11) is 0. The van der Waals surface area contributed by atoms with Crippen molar-refractivity contribution in [1.29, 1.82) is 0 Å². The number of hydrogen-bond acceptors (Lipinski definition) is 0. The fraction of sp³-hybridized carbons (Fsp3) is 0.200. The van der Waals surface area contributed by atoms with Gasteiger partial charge in [-0.15, -0.1) is 11.6 Å². The summed E-state index contributed by atoms with van der Waals surface area (Å²) in [5, 5.41) is 0.600. The van der Waals surface area contributed by atoms with Crippen LogP contribution in [0, 0.1) is 6.92 Å². The van der Waals surface area contributed by atoms with Gasteiger partial charge in [0, 0.05) is 9.50 Å². The highest BCUT2D eigenvalue weighted by Gasteiger charge is 2.13. The summed E-state index contributed by atoms with van der Waals surface area (Å²) in [5.74, 6) is 0. The van der Waals surface area contributed by atoms with Gasteiger partial charge < -0.3 is 0 Å². The summed E-state index contributed by atoms with van der Waals surface area (Å²) in [6.45, 7) is 2.08. The van der Waals surface area contributed by atoms with Crippen LogP contribution in [0.4, 0.5) is 0 Å². The third-order valence-electron chi connectivity index (χ3n) is 2.83. The Labute approximate surface area is 126 Å². The van der Waals surface area contributed by atoms with E-state index in [1.165, 1.54) is 11.1 Å². The van der Waals surface area contributed by atoms with Gasteiger partial charge in [-0.1, -0.05) is 57.4 Å². The first-order valence-electron chi connectivity index (χ1n) is 5.71. The quantitative estimate of drug-likeness (QED) is 0.605. The summed E-state index contributed by atoms with van der Waals surface area (Å²) < 4.78 is 0.997. The molecule has 0 radical (unpaired) electrons. The zero-order valence-electron chi connectivity index (χ0n) is 9.96.